The van der Waals surface area contributed by atoms with Gasteiger partial charge < -0.3 is 101 Å². The van der Waals surface area contributed by atoms with Crippen molar-refractivity contribution in [3.05, 3.63) is 139 Å². The molecule has 3 amide bonds. The van der Waals surface area contributed by atoms with E-state index in [9.17, 15) is 58.5 Å². The molecule has 10 aliphatic carbocycles. The van der Waals surface area contributed by atoms with E-state index in [0.29, 0.717) is 72.7 Å². The van der Waals surface area contributed by atoms with Gasteiger partial charge in [0.05, 0.1) is 77.2 Å². The number of imide groups is 1. The summed E-state index contributed by atoms with van der Waals surface area (Å²) in [7, 11) is -2.21. The number of alkyl carbamates (subject to hydrolysis) is 1. The van der Waals surface area contributed by atoms with Crippen molar-refractivity contribution < 1.29 is 153 Å². The van der Waals surface area contributed by atoms with Crippen LogP contribution in [0, 0.1) is 45.3 Å². The number of β-lactam (4-membered cyclic amide) rings is 1. The Morgan fingerprint density at radius 2 is 0.966 bits per heavy atom. The lowest BCUT2D eigenvalue weighted by Crippen LogP contribution is -2.82. The number of benzene rings is 2. The van der Waals surface area contributed by atoms with Crippen molar-refractivity contribution in [1.29, 1.82) is 0 Å². The Labute approximate surface area is 876 Å². The zero-order chi connectivity index (χ0) is 108. The van der Waals surface area contributed by atoms with Gasteiger partial charge in [0.15, 0.2) is 75.4 Å². The molecular formula is C110H150N2O32S2Si2. The number of aliphatic hydroxyl groups excluding tert-OH is 1. The highest BCUT2D eigenvalue weighted by Gasteiger charge is 2.82. The molecule has 812 valence electrons. The van der Waals surface area contributed by atoms with Gasteiger partial charge in [0.2, 0.25) is 0 Å². The summed E-state index contributed by atoms with van der Waals surface area (Å²) >= 11 is 2.75. The molecule has 3 aliphatic heterocycles. The monoisotopic (exact) mass is 2130 g/mol. The molecule has 5 heterocycles. The van der Waals surface area contributed by atoms with E-state index in [1.807, 2.05) is 17.5 Å². The molecule has 34 nitrogen and oxygen atoms in total. The molecule has 2 aromatic carbocycles. The molecule has 4 bridgehead atoms. The van der Waals surface area contributed by atoms with Gasteiger partial charge in [-0.05, 0) is 225 Å². The van der Waals surface area contributed by atoms with Gasteiger partial charge in [-0.25, -0.2) is 28.9 Å². The fourth-order valence-electron chi connectivity index (χ4n) is 24.5. The summed E-state index contributed by atoms with van der Waals surface area (Å²) in [5.41, 5.74) is -12.6. The number of methoxy groups -OCH3 is 2. The molecule has 0 radical (unpaired) electrons. The number of hydrogen-bond acceptors (Lipinski definition) is 34. The quantitative estimate of drug-likeness (QED) is 0.00842. The Balaban J connectivity index is 0.000000190. The van der Waals surface area contributed by atoms with Crippen LogP contribution in [0.4, 0.5) is 9.59 Å². The first-order chi connectivity index (χ1) is 69.8. The van der Waals surface area contributed by atoms with Crippen molar-refractivity contribution in [3.63, 3.8) is 0 Å². The smallest absolute Gasteiger partial charge is 0.417 e. The van der Waals surface area contributed by atoms with E-state index in [2.05, 4.69) is 46.9 Å². The zero-order valence-corrected chi connectivity index (χ0v) is 92.9. The zero-order valence-electron chi connectivity index (χ0n) is 89.3. The van der Waals surface area contributed by atoms with Crippen LogP contribution in [0.5, 0.6) is 0 Å². The number of ketones is 2. The van der Waals surface area contributed by atoms with Crippen LogP contribution in [0.2, 0.25) is 36.3 Å². The molecule has 0 spiro atoms. The Hall–Kier alpha value is -8.85. The summed E-state index contributed by atoms with van der Waals surface area (Å²) in [6.45, 7) is 34.9. The minimum atomic E-state index is -2.65. The third-order valence-corrected chi connectivity index (χ3v) is 46.3. The van der Waals surface area contributed by atoms with Gasteiger partial charge in [-0.1, -0.05) is 118 Å². The summed E-state index contributed by atoms with van der Waals surface area (Å²) in [6.07, 6.45) is -9.58. The van der Waals surface area contributed by atoms with E-state index >= 15 is 14.4 Å². The average molecular weight is 2130 g/mol. The van der Waals surface area contributed by atoms with E-state index in [-0.39, 0.29) is 78.8 Å². The second kappa shape index (κ2) is 43.6. The first-order valence-electron chi connectivity index (χ1n) is 52.6. The average Bonchev–Trinajstić information content (AvgIpc) is 1.51. The van der Waals surface area contributed by atoms with Crippen molar-refractivity contribution in [2.45, 2.75) is 396 Å². The lowest BCUT2D eigenvalue weighted by molar-refractivity contribution is -0.344. The Bertz CT molecular complexity index is 5620. The fraction of sp³-hybridized carbons (Fsp3) is 0.673. The molecule has 17 rings (SSSR count). The minimum absolute atomic E-state index is 0.0605. The molecule has 38 heteroatoms. The van der Waals surface area contributed by atoms with Crippen LogP contribution < -0.4 is 5.32 Å². The topological polar surface area (TPSA) is 438 Å². The van der Waals surface area contributed by atoms with Gasteiger partial charge >= 0.3 is 54.0 Å². The molecule has 13 aliphatic rings. The third kappa shape index (κ3) is 20.9. The van der Waals surface area contributed by atoms with Gasteiger partial charge in [0.25, 0.3) is 5.91 Å². The number of ether oxygens (including phenoxy) is 15. The van der Waals surface area contributed by atoms with Gasteiger partial charge in [-0.2, -0.15) is 0 Å². The lowest BCUT2D eigenvalue weighted by atomic mass is 9.44. The SMILES string of the molecule is CC[Si](CC)(CC)O[C@H]1C[C@H]2OC[C@@]2(OC(C)=O)C2[C@H](OC(=O)c3ccccc3)[C@]3(O)C[C@H](O)C(C)=C([C@@H](OC(=O)C4CC4)C(=O)[C@@]21C)C3(C)C.CC[Si](CC)(CC)O[C@H]1C[C@H]2OC[C@@]2(OC(C)=O)C2[C@H](OC(=O)c3ccccc3)[C@]3(O)C[C@H](OC(=O)[C@H](OC(C)(C)OC)[C@@H](NC(=O)OC4CCC4)c4cccs4)C(C)=C([C@@H](OC(=O)C4CC4)C(=O)[C@@]21C)C3(C)C.COC(C)(C)O[C@H]1C(=O)N(C(=O)OC2CCC2)[C@H]1c1cccs1. The molecular weight excluding hydrogens is 1980 g/mol. The van der Waals surface area contributed by atoms with E-state index in [0.717, 1.165) is 48.7 Å². The maximum Gasteiger partial charge on any atom is 0.417 e. The number of carbonyl (C=O) groups is 12. The number of aliphatic hydroxyl groups is 3. The molecule has 11 fully saturated rings. The normalized spacial score (nSPS) is 32.4. The molecule has 3 saturated heterocycles. The van der Waals surface area contributed by atoms with E-state index in [1.165, 1.54) is 55.6 Å². The van der Waals surface area contributed by atoms with Crippen LogP contribution in [-0.4, -0.2) is 255 Å². The summed E-state index contributed by atoms with van der Waals surface area (Å²) < 4.78 is 107. The van der Waals surface area contributed by atoms with Crippen LogP contribution in [0.15, 0.2) is 118 Å². The molecule has 4 aromatic rings. The van der Waals surface area contributed by atoms with Crippen molar-refractivity contribution in [1.82, 2.24) is 10.2 Å². The Morgan fingerprint density at radius 3 is 1.35 bits per heavy atom. The number of nitrogens with zero attached hydrogens (tertiary/aromatic N) is 1. The van der Waals surface area contributed by atoms with Crippen molar-refractivity contribution in [2.75, 3.05) is 27.4 Å². The maximum absolute atomic E-state index is 16.7. The van der Waals surface area contributed by atoms with E-state index in [4.69, 9.17) is 79.9 Å². The maximum atomic E-state index is 16.7. The van der Waals surface area contributed by atoms with Crippen LogP contribution in [0.1, 0.15) is 271 Å². The predicted octanol–water partition coefficient (Wildman–Crippen LogP) is 16.6. The number of esters is 7. The highest BCUT2D eigenvalue weighted by atomic mass is 32.1. The number of fused-ring (bicyclic) bond motifs is 10. The number of Topliss-reactive ketones (excluding diaryl/α,β-unsaturated/α-hetero) is 2. The number of nitrogens with one attached hydrogen (secondary N) is 1. The number of hydrogen-bond donors (Lipinski definition) is 4. The summed E-state index contributed by atoms with van der Waals surface area (Å²) in [5.74, 6) is -12.4. The molecule has 148 heavy (non-hydrogen) atoms. The third-order valence-electron chi connectivity index (χ3n) is 35.1. The van der Waals surface area contributed by atoms with Crippen LogP contribution >= 0.6 is 22.7 Å². The van der Waals surface area contributed by atoms with E-state index in [1.54, 1.807) is 161 Å². The lowest BCUT2D eigenvalue weighted by Gasteiger charge is -2.68. The van der Waals surface area contributed by atoms with Crippen LogP contribution in [-0.2, 0) is 118 Å². The molecule has 2 aromatic heterocycles. The standard InChI is InChI=1S/C55H75NO16SSi.C39H54O11Si.C16H21NO5S/c1-12-74(13-2,14-3)72-38-28-39-54(30-65-39,70-32(5)57)44-46(69-48(60)33-20-16-15-17-21-33)55(63)29-36(31(4)40(51(55,6)7)42(45(58)53(38,44)10)68-47(59)34-25-26-34)67-49(61)43(71-52(8,9)64-11)41(37-24-19-27-73-37)56-50(62)66-35-22-18-23-35;1-9-51(10-2,11-3)50-27-19-28-38(21-46-28,49-23(5)40)31-33(48-35(44)24-15-13-12-14-16-24)39(45)20-26(41)22(4)29(36(39,6)7)30(32(42)37(27,31)8)47-34(43)25-17-18-25;1-16(2,20-3)22-13-12(11-8-5-9-23-11)17(14(13)18)15(19)21-10-6-4-7-10/h15-17,19-21,24,27,34-36,38-39,41-44,46,63H,12-14,18,22-23,25-26,28-30H2,1-11H3,(H,56,62);12-16,25-28,30-31,33,41,45H,9-11,17-21H2,1-8H3;5,8-10,12-13H,4,6-7H2,1-3H3/t36-,38-,39+,41-,42+,43+,44?,46-,53+,54-,55+;26-,27-,28+,30+,31?,33-,37+,38-,39+;12-,13+/m000/s1. The number of carbonyl (C=O) groups excluding carboxylic acids is 12. The fourth-order valence-corrected chi connectivity index (χ4v) is 32.0. The minimum Gasteiger partial charge on any atom is -0.456 e. The van der Waals surface area contributed by atoms with Crippen LogP contribution in [0.25, 0.3) is 0 Å². The van der Waals surface area contributed by atoms with Crippen molar-refractivity contribution in [2.24, 2.45) is 45.3 Å². The van der Waals surface area contributed by atoms with E-state index < -0.39 is 247 Å². The Morgan fingerprint density at radius 1 is 0.534 bits per heavy atom. The van der Waals surface area contributed by atoms with Crippen molar-refractivity contribution >= 4 is 111 Å². The predicted molar refractivity (Wildman–Crippen MR) is 544 cm³/mol. The summed E-state index contributed by atoms with van der Waals surface area (Å²) in [4.78, 5) is 172. The Kier molecular flexibility index (Phi) is 33.4. The number of likely N-dealkylation sites (tertiary alicyclic amines) is 1. The second-order valence-corrected chi connectivity index (χ2v) is 56.2. The molecule has 8 saturated carbocycles. The van der Waals surface area contributed by atoms with Gasteiger partial charge in [0.1, 0.15) is 66.0 Å². The van der Waals surface area contributed by atoms with Gasteiger partial charge in [-0.15, -0.1) is 22.7 Å². The summed E-state index contributed by atoms with van der Waals surface area (Å²) in [6, 6.07) is 26.6. The summed E-state index contributed by atoms with van der Waals surface area (Å²) in [5, 5.41) is 46.0. The van der Waals surface area contributed by atoms with Crippen LogP contribution in [0.3, 0.4) is 0 Å². The number of thiophene rings is 2. The molecule has 22 atom stereocenters. The number of amides is 3. The second-order valence-electron chi connectivity index (χ2n) is 44.8. The van der Waals surface area contributed by atoms with Gasteiger partial charge in [0, 0.05) is 74.3 Å². The highest BCUT2D eigenvalue weighted by Crippen LogP contribution is 2.69. The first kappa shape index (κ1) is 113. The first-order valence-corrected chi connectivity index (χ1v) is 59.4. The largest absolute Gasteiger partial charge is 0.456 e. The number of rotatable bonds is 34. The van der Waals surface area contributed by atoms with Gasteiger partial charge in [-0.3, -0.25) is 33.6 Å². The molecule has 2 unspecified atom stereocenters. The highest BCUT2D eigenvalue weighted by molar-refractivity contribution is 7.10. The van der Waals surface area contributed by atoms with Crippen molar-refractivity contribution in [3.8, 4) is 0 Å². The molecule has 4 N–H and O–H groups in total.